The number of anilines is 1. The Labute approximate surface area is 180 Å². The van der Waals surface area contributed by atoms with Gasteiger partial charge < -0.3 is 10.2 Å². The van der Waals surface area contributed by atoms with E-state index in [0.29, 0.717) is 18.9 Å². The van der Waals surface area contributed by atoms with E-state index < -0.39 is 33.3 Å². The normalized spacial score (nSPS) is 26.4. The largest absolute Gasteiger partial charge is 0.322 e. The zero-order valence-corrected chi connectivity index (χ0v) is 18.0. The third-order valence-electron chi connectivity index (χ3n) is 6.16. The zero-order valence-electron chi connectivity index (χ0n) is 17.2. The van der Waals surface area contributed by atoms with E-state index in [-0.39, 0.29) is 6.54 Å². The molecule has 2 N–H and O–H groups in total. The maximum atomic E-state index is 13.0. The SMILES string of the molecule is C[C@]1(CS(=O)(=O)N2CCc3cc(N4C=NC(C5CC5)=CC4)ncc3C2)NC(=O)NC1=O. The van der Waals surface area contributed by atoms with Crippen LogP contribution in [0.2, 0.25) is 0 Å². The van der Waals surface area contributed by atoms with E-state index in [9.17, 15) is 18.0 Å². The molecule has 10 nitrogen and oxygen atoms in total. The predicted molar refractivity (Wildman–Crippen MR) is 114 cm³/mol. The fourth-order valence-electron chi connectivity index (χ4n) is 4.17. The molecule has 11 heteroatoms. The molecule has 5 rings (SSSR count). The summed E-state index contributed by atoms with van der Waals surface area (Å²) in [5, 5.41) is 4.51. The van der Waals surface area contributed by atoms with Gasteiger partial charge in [-0.15, -0.1) is 0 Å². The van der Waals surface area contributed by atoms with Crippen molar-refractivity contribution < 1.29 is 18.0 Å². The number of pyridine rings is 1. The molecule has 3 amide bonds. The molecule has 1 aromatic heterocycles. The van der Waals surface area contributed by atoms with E-state index in [1.54, 1.807) is 6.20 Å². The van der Waals surface area contributed by atoms with Crippen LogP contribution in [0.5, 0.6) is 0 Å². The molecule has 3 aliphatic heterocycles. The topological polar surface area (TPSA) is 124 Å². The minimum Gasteiger partial charge on any atom is -0.322 e. The Kier molecular flexibility index (Phi) is 4.63. The minimum absolute atomic E-state index is 0.191. The van der Waals surface area contributed by atoms with Gasteiger partial charge in [0.2, 0.25) is 10.0 Å². The van der Waals surface area contributed by atoms with E-state index >= 15 is 0 Å². The van der Waals surface area contributed by atoms with Gasteiger partial charge in [-0.3, -0.25) is 10.1 Å². The van der Waals surface area contributed by atoms with Crippen molar-refractivity contribution in [3.05, 3.63) is 35.2 Å². The molecule has 4 aliphatic rings. The molecule has 4 heterocycles. The van der Waals surface area contributed by atoms with Crippen molar-refractivity contribution in [2.75, 3.05) is 23.7 Å². The number of fused-ring (bicyclic) bond motifs is 1. The van der Waals surface area contributed by atoms with Gasteiger partial charge in [0.25, 0.3) is 5.91 Å². The number of hydrogen-bond donors (Lipinski definition) is 2. The first-order valence-electron chi connectivity index (χ1n) is 10.3. The highest BCUT2D eigenvalue weighted by atomic mass is 32.2. The molecule has 0 radical (unpaired) electrons. The number of allylic oxidation sites excluding steroid dienone is 1. The fourth-order valence-corrected chi connectivity index (χ4v) is 5.99. The van der Waals surface area contributed by atoms with Crippen LogP contribution in [0.1, 0.15) is 30.9 Å². The zero-order chi connectivity index (χ0) is 21.8. The van der Waals surface area contributed by atoms with Crippen molar-refractivity contribution in [2.45, 2.75) is 38.3 Å². The second kappa shape index (κ2) is 7.13. The number of aromatic nitrogens is 1. The van der Waals surface area contributed by atoms with E-state index in [1.165, 1.54) is 24.1 Å². The summed E-state index contributed by atoms with van der Waals surface area (Å²) in [6.07, 6.45) is 8.67. The van der Waals surface area contributed by atoms with Crippen LogP contribution >= 0.6 is 0 Å². The van der Waals surface area contributed by atoms with E-state index in [2.05, 4.69) is 26.7 Å². The summed E-state index contributed by atoms with van der Waals surface area (Å²) in [6, 6.07) is 1.32. The van der Waals surface area contributed by atoms with Gasteiger partial charge in [-0.05, 0) is 49.5 Å². The van der Waals surface area contributed by atoms with Crippen LogP contribution < -0.4 is 15.5 Å². The van der Waals surface area contributed by atoms with Gasteiger partial charge in [-0.1, -0.05) is 0 Å². The Balaban J connectivity index is 1.28. The summed E-state index contributed by atoms with van der Waals surface area (Å²) in [5.41, 5.74) is 1.58. The summed E-state index contributed by atoms with van der Waals surface area (Å²) in [6.45, 7) is 2.65. The van der Waals surface area contributed by atoms with Crippen LogP contribution in [0, 0.1) is 5.92 Å². The number of hydrogen-bond acceptors (Lipinski definition) is 7. The molecule has 1 aliphatic carbocycles. The fraction of sp³-hybridized carbons (Fsp3) is 0.500. The molecular weight excluding hydrogens is 420 g/mol. The second-order valence-corrected chi connectivity index (χ2v) is 10.7. The number of amides is 3. The van der Waals surface area contributed by atoms with Crippen molar-refractivity contribution in [1.29, 1.82) is 0 Å². The molecular formula is C20H24N6O4S. The molecule has 31 heavy (non-hydrogen) atoms. The smallest absolute Gasteiger partial charge is 0.322 e. The van der Waals surface area contributed by atoms with Gasteiger partial charge in [0, 0.05) is 37.4 Å². The lowest BCUT2D eigenvalue weighted by molar-refractivity contribution is -0.122. The van der Waals surface area contributed by atoms with E-state index in [4.69, 9.17) is 0 Å². The van der Waals surface area contributed by atoms with Crippen LogP contribution in [0.15, 0.2) is 29.0 Å². The second-order valence-electron chi connectivity index (χ2n) is 8.69. The van der Waals surface area contributed by atoms with Gasteiger partial charge in [0.15, 0.2) is 0 Å². The lowest BCUT2D eigenvalue weighted by Crippen LogP contribution is -2.53. The Morgan fingerprint density at radius 2 is 2.06 bits per heavy atom. The van der Waals surface area contributed by atoms with E-state index in [1.807, 2.05) is 17.3 Å². The Morgan fingerprint density at radius 1 is 1.26 bits per heavy atom. The van der Waals surface area contributed by atoms with Crippen molar-refractivity contribution in [3.63, 3.8) is 0 Å². The van der Waals surface area contributed by atoms with Crippen molar-refractivity contribution >= 4 is 34.1 Å². The van der Waals surface area contributed by atoms with Gasteiger partial charge >= 0.3 is 6.03 Å². The maximum Gasteiger partial charge on any atom is 0.322 e. The standard InChI is InChI=1S/C20H24N6O4S/c1-20(18(27)23-19(28)24-20)11-31(29,30)26-7-4-14-8-17(21-9-15(14)10-26)25-6-5-16(22-12-25)13-2-3-13/h5,8-9,12-13H,2-4,6-7,10-11H2,1H3,(H2,23,24,27,28)/t20-/m1/s1. The van der Waals surface area contributed by atoms with Gasteiger partial charge in [0.1, 0.15) is 11.4 Å². The first-order chi connectivity index (χ1) is 14.7. The molecule has 1 saturated carbocycles. The lowest BCUT2D eigenvalue weighted by Gasteiger charge is -2.31. The molecule has 2 fully saturated rings. The van der Waals surface area contributed by atoms with Crippen molar-refractivity contribution in [3.8, 4) is 0 Å². The molecule has 164 valence electrons. The maximum absolute atomic E-state index is 13.0. The van der Waals surface area contributed by atoms with Crippen molar-refractivity contribution in [2.24, 2.45) is 10.9 Å². The number of urea groups is 1. The number of carbonyl (C=O) groups is 2. The third kappa shape index (κ3) is 3.83. The van der Waals surface area contributed by atoms with Gasteiger partial charge in [-0.2, -0.15) is 4.31 Å². The minimum atomic E-state index is -3.77. The number of imide groups is 1. The summed E-state index contributed by atoms with van der Waals surface area (Å²) in [5.74, 6) is 0.293. The molecule has 0 aromatic carbocycles. The Hall–Kier alpha value is -2.79. The monoisotopic (exact) mass is 444 g/mol. The molecule has 0 unspecified atom stereocenters. The van der Waals surface area contributed by atoms with Crippen LogP contribution in [0.25, 0.3) is 0 Å². The number of sulfonamides is 1. The summed E-state index contributed by atoms with van der Waals surface area (Å²) in [7, 11) is -3.77. The molecule has 0 bridgehead atoms. The highest BCUT2D eigenvalue weighted by Gasteiger charge is 2.46. The van der Waals surface area contributed by atoms with Gasteiger partial charge in [-0.25, -0.2) is 23.2 Å². The van der Waals surface area contributed by atoms with Crippen LogP contribution in [0.3, 0.4) is 0 Å². The average Bonchev–Trinajstić information content (AvgIpc) is 3.54. The average molecular weight is 445 g/mol. The first-order valence-corrected chi connectivity index (χ1v) is 11.9. The Morgan fingerprint density at radius 3 is 2.71 bits per heavy atom. The molecule has 1 aromatic rings. The molecule has 0 spiro atoms. The Bertz CT molecular complexity index is 1130. The number of aliphatic imine (C=N–C) groups is 1. The quantitative estimate of drug-likeness (QED) is 0.638. The molecule has 1 atom stereocenters. The van der Waals surface area contributed by atoms with E-state index in [0.717, 1.165) is 29.2 Å². The van der Waals surface area contributed by atoms with Crippen LogP contribution in [0.4, 0.5) is 10.6 Å². The van der Waals surface area contributed by atoms with Gasteiger partial charge in [0.05, 0.1) is 12.1 Å². The predicted octanol–water partition coefficient (Wildman–Crippen LogP) is 0.510. The third-order valence-corrected chi connectivity index (χ3v) is 8.20. The summed E-state index contributed by atoms with van der Waals surface area (Å²) in [4.78, 5) is 34.5. The van der Waals surface area contributed by atoms with Crippen molar-refractivity contribution in [1.82, 2.24) is 19.9 Å². The van der Waals surface area contributed by atoms with Crippen LogP contribution in [-0.4, -0.2) is 60.4 Å². The number of carbonyl (C=O) groups excluding carboxylic acids is 2. The molecule has 1 saturated heterocycles. The summed E-state index contributed by atoms with van der Waals surface area (Å²) < 4.78 is 27.3. The number of rotatable bonds is 5. The summed E-state index contributed by atoms with van der Waals surface area (Å²) >= 11 is 0. The number of nitrogens with one attached hydrogen (secondary N) is 2. The van der Waals surface area contributed by atoms with Crippen LogP contribution in [-0.2, 0) is 27.8 Å². The highest BCUT2D eigenvalue weighted by Crippen LogP contribution is 2.38. The first kappa shape index (κ1) is 20.1. The number of nitrogens with zero attached hydrogens (tertiary/aromatic N) is 4. The lowest BCUT2D eigenvalue weighted by atomic mass is 10.0. The highest BCUT2D eigenvalue weighted by molar-refractivity contribution is 7.89.